The van der Waals surface area contributed by atoms with Gasteiger partial charge in [-0.05, 0) is 18.2 Å². The molecule has 0 N–H and O–H groups in total. The van der Waals surface area contributed by atoms with Gasteiger partial charge in [-0.3, -0.25) is 4.79 Å². The number of pyridine rings is 1. The van der Waals surface area contributed by atoms with Gasteiger partial charge >= 0.3 is 0 Å². The summed E-state index contributed by atoms with van der Waals surface area (Å²) in [6.07, 6.45) is 3.59. The average molecular weight is 330 g/mol. The van der Waals surface area contributed by atoms with Crippen LogP contribution in [0, 0.1) is 0 Å². The number of hydrogen-bond acceptors (Lipinski definition) is 4. The van der Waals surface area contributed by atoms with Crippen LogP contribution in [0.2, 0.25) is 25.7 Å². The van der Waals surface area contributed by atoms with Crippen LogP contribution in [-0.2, 0) is 11.5 Å². The van der Waals surface area contributed by atoms with Gasteiger partial charge in [-0.1, -0.05) is 19.6 Å². The Hall–Kier alpha value is -1.99. The highest BCUT2D eigenvalue weighted by Gasteiger charge is 2.13. The maximum absolute atomic E-state index is 11.6. The summed E-state index contributed by atoms with van der Waals surface area (Å²) < 4.78 is 9.17. The zero-order valence-electron chi connectivity index (χ0n) is 14.0. The fourth-order valence-electron chi connectivity index (χ4n) is 2.45. The van der Waals surface area contributed by atoms with Gasteiger partial charge in [0.2, 0.25) is 5.91 Å². The van der Waals surface area contributed by atoms with E-state index in [4.69, 9.17) is 4.74 Å². The molecule has 23 heavy (non-hydrogen) atoms. The van der Waals surface area contributed by atoms with Crippen LogP contribution in [0.15, 0.2) is 24.5 Å². The minimum absolute atomic E-state index is 0.115. The molecule has 0 atom stereocenters. The molecule has 0 bridgehead atoms. The number of ether oxygens (including phenoxy) is 1. The quantitative estimate of drug-likeness (QED) is 0.531. The fraction of sp³-hybridized carbons (Fsp3) is 0.438. The SMILES string of the molecule is CC(=O)n1ncc2nc3c(ccn3COCC[Si](C)(C)C)cc21. The molecular formula is C16H22N4O2Si. The Morgan fingerprint density at radius 2 is 2.13 bits per heavy atom. The van der Waals surface area contributed by atoms with E-state index in [2.05, 4.69) is 29.7 Å². The standard InChI is InChI=1S/C16H22N4O2Si/c1-12(21)20-15-9-13-5-6-19(11-22-7-8-23(2,3)4)16(13)18-14(15)10-17-20/h5-6,9-10H,7-8,11H2,1-4H3. The van der Waals surface area contributed by atoms with Crippen molar-refractivity contribution in [3.8, 4) is 0 Å². The van der Waals surface area contributed by atoms with Gasteiger partial charge in [0.15, 0.2) is 0 Å². The van der Waals surface area contributed by atoms with Crippen LogP contribution in [0.5, 0.6) is 0 Å². The minimum Gasteiger partial charge on any atom is -0.361 e. The summed E-state index contributed by atoms with van der Waals surface area (Å²) in [5.74, 6) is -0.115. The summed E-state index contributed by atoms with van der Waals surface area (Å²) in [5, 5.41) is 5.08. The molecule has 6 nitrogen and oxygen atoms in total. The molecule has 3 aromatic heterocycles. The van der Waals surface area contributed by atoms with Gasteiger partial charge in [0.25, 0.3) is 0 Å². The van der Waals surface area contributed by atoms with Gasteiger partial charge in [0.1, 0.15) is 17.9 Å². The number of rotatable bonds is 5. The molecule has 0 saturated heterocycles. The first kappa shape index (κ1) is 15.9. The van der Waals surface area contributed by atoms with Crippen LogP contribution in [0.3, 0.4) is 0 Å². The number of carbonyl (C=O) groups is 1. The number of hydrogen-bond donors (Lipinski definition) is 0. The van der Waals surface area contributed by atoms with Crippen LogP contribution < -0.4 is 0 Å². The van der Waals surface area contributed by atoms with E-state index in [1.165, 1.54) is 11.6 Å². The van der Waals surface area contributed by atoms with Crippen molar-refractivity contribution in [1.29, 1.82) is 0 Å². The van der Waals surface area contributed by atoms with E-state index >= 15 is 0 Å². The van der Waals surface area contributed by atoms with Crippen LogP contribution in [0.4, 0.5) is 0 Å². The van der Waals surface area contributed by atoms with E-state index < -0.39 is 8.07 Å². The summed E-state index contributed by atoms with van der Waals surface area (Å²) in [5.41, 5.74) is 2.31. The number of aromatic nitrogens is 4. The highest BCUT2D eigenvalue weighted by molar-refractivity contribution is 6.76. The molecule has 0 unspecified atom stereocenters. The summed E-state index contributed by atoms with van der Waals surface area (Å²) in [6, 6.07) is 5.08. The Kier molecular flexibility index (Phi) is 4.07. The van der Waals surface area contributed by atoms with Gasteiger partial charge in [-0.25, -0.2) is 4.98 Å². The molecule has 0 fully saturated rings. The average Bonchev–Trinajstić information content (AvgIpc) is 3.03. The monoisotopic (exact) mass is 330 g/mol. The second-order valence-corrected chi connectivity index (χ2v) is 12.6. The first-order chi connectivity index (χ1) is 10.8. The van der Waals surface area contributed by atoms with Gasteiger partial charge < -0.3 is 9.30 Å². The molecule has 0 aromatic carbocycles. The first-order valence-electron chi connectivity index (χ1n) is 7.77. The van der Waals surface area contributed by atoms with Crippen molar-refractivity contribution in [2.75, 3.05) is 6.61 Å². The number of fused-ring (bicyclic) bond motifs is 2. The second-order valence-electron chi connectivity index (χ2n) is 7.01. The van der Waals surface area contributed by atoms with E-state index in [1.807, 2.05) is 22.9 Å². The largest absolute Gasteiger partial charge is 0.361 e. The predicted octanol–water partition coefficient (Wildman–Crippen LogP) is 3.36. The normalized spacial score (nSPS) is 12.3. The molecule has 3 heterocycles. The summed E-state index contributed by atoms with van der Waals surface area (Å²) >= 11 is 0. The van der Waals surface area contributed by atoms with E-state index in [1.54, 1.807) is 6.20 Å². The van der Waals surface area contributed by atoms with Gasteiger partial charge in [0, 0.05) is 33.2 Å². The van der Waals surface area contributed by atoms with Crippen LogP contribution in [-0.4, -0.2) is 39.9 Å². The molecule has 0 saturated carbocycles. The van der Waals surface area contributed by atoms with Crippen molar-refractivity contribution in [2.45, 2.75) is 39.3 Å². The molecule has 3 rings (SSSR count). The third-order valence-corrected chi connectivity index (χ3v) is 5.50. The van der Waals surface area contributed by atoms with Gasteiger partial charge in [-0.2, -0.15) is 9.78 Å². The highest BCUT2D eigenvalue weighted by atomic mass is 28.3. The zero-order valence-corrected chi connectivity index (χ0v) is 15.0. The Balaban J connectivity index is 1.83. The van der Waals surface area contributed by atoms with E-state index in [0.717, 1.165) is 34.7 Å². The molecule has 0 amide bonds. The molecule has 0 aliphatic carbocycles. The maximum atomic E-state index is 11.6. The summed E-state index contributed by atoms with van der Waals surface area (Å²) in [7, 11) is -1.07. The van der Waals surface area contributed by atoms with Crippen molar-refractivity contribution in [1.82, 2.24) is 19.3 Å². The first-order valence-corrected chi connectivity index (χ1v) is 11.5. The van der Waals surface area contributed by atoms with Crippen LogP contribution >= 0.6 is 0 Å². The third kappa shape index (κ3) is 3.35. The lowest BCUT2D eigenvalue weighted by Crippen LogP contribution is -2.22. The highest BCUT2D eigenvalue weighted by Crippen LogP contribution is 2.20. The van der Waals surface area contributed by atoms with Crippen molar-refractivity contribution in [2.24, 2.45) is 0 Å². The lowest BCUT2D eigenvalue weighted by atomic mass is 10.3. The molecule has 0 aliphatic heterocycles. The molecule has 0 aliphatic rings. The van der Waals surface area contributed by atoms with Crippen molar-refractivity contribution < 1.29 is 9.53 Å². The van der Waals surface area contributed by atoms with Crippen LogP contribution in [0.1, 0.15) is 11.7 Å². The number of carbonyl (C=O) groups excluding carboxylic acids is 1. The van der Waals surface area contributed by atoms with E-state index in [-0.39, 0.29) is 5.91 Å². The topological polar surface area (TPSA) is 61.9 Å². The van der Waals surface area contributed by atoms with Crippen molar-refractivity contribution >= 4 is 36.0 Å². The molecule has 0 spiro atoms. The smallest absolute Gasteiger partial charge is 0.244 e. The number of nitrogens with zero attached hydrogens (tertiary/aromatic N) is 4. The minimum atomic E-state index is -1.07. The zero-order chi connectivity index (χ0) is 16.6. The maximum Gasteiger partial charge on any atom is 0.244 e. The van der Waals surface area contributed by atoms with Crippen molar-refractivity contribution in [3.05, 3.63) is 24.5 Å². The fourth-order valence-corrected chi connectivity index (χ4v) is 3.21. The Bertz CT molecular complexity index is 860. The lowest BCUT2D eigenvalue weighted by Gasteiger charge is -2.15. The van der Waals surface area contributed by atoms with E-state index in [9.17, 15) is 4.79 Å². The van der Waals surface area contributed by atoms with Gasteiger partial charge in [0.05, 0.1) is 11.7 Å². The Morgan fingerprint density at radius 1 is 1.35 bits per heavy atom. The van der Waals surface area contributed by atoms with Crippen molar-refractivity contribution in [3.63, 3.8) is 0 Å². The third-order valence-electron chi connectivity index (χ3n) is 3.79. The molecule has 7 heteroatoms. The molecule has 3 aromatic rings. The molecular weight excluding hydrogens is 308 g/mol. The van der Waals surface area contributed by atoms with Gasteiger partial charge in [-0.15, -0.1) is 0 Å². The summed E-state index contributed by atoms with van der Waals surface area (Å²) in [4.78, 5) is 16.2. The predicted molar refractivity (Wildman–Crippen MR) is 93.4 cm³/mol. The second kappa shape index (κ2) is 5.90. The molecule has 0 radical (unpaired) electrons. The van der Waals surface area contributed by atoms with Crippen LogP contribution in [0.25, 0.3) is 22.1 Å². The lowest BCUT2D eigenvalue weighted by molar-refractivity contribution is 0.0898. The van der Waals surface area contributed by atoms with E-state index in [0.29, 0.717) is 6.73 Å². The Labute approximate surface area is 136 Å². The Morgan fingerprint density at radius 3 is 2.83 bits per heavy atom. The summed E-state index contributed by atoms with van der Waals surface area (Å²) in [6.45, 7) is 9.78. The molecule has 122 valence electrons.